The summed E-state index contributed by atoms with van der Waals surface area (Å²) in [6.07, 6.45) is 11.3. The van der Waals surface area contributed by atoms with Gasteiger partial charge in [-0.25, -0.2) is 9.59 Å². The molecule has 1 aromatic carbocycles. The van der Waals surface area contributed by atoms with Crippen molar-refractivity contribution in [1.82, 2.24) is 15.5 Å². The van der Waals surface area contributed by atoms with Crippen LogP contribution in [0.1, 0.15) is 128 Å². The first-order valence-corrected chi connectivity index (χ1v) is 18.8. The minimum absolute atomic E-state index is 0.00436. The lowest BCUT2D eigenvalue weighted by Gasteiger charge is -2.73. The molecule has 2 amide bonds. The zero-order valence-electron chi connectivity index (χ0n) is 30.6. The number of benzene rings is 1. The molecule has 0 unspecified atom stereocenters. The molecule has 5 saturated carbocycles. The molecule has 10 atom stereocenters. The van der Waals surface area contributed by atoms with E-state index in [2.05, 4.69) is 69.2 Å². The van der Waals surface area contributed by atoms with Crippen molar-refractivity contribution in [3.63, 3.8) is 0 Å². The number of fused-ring (bicyclic) bond motifs is 7. The van der Waals surface area contributed by atoms with Crippen molar-refractivity contribution in [2.75, 3.05) is 27.2 Å². The maximum absolute atomic E-state index is 13.4. The molecule has 47 heavy (non-hydrogen) atoms. The van der Waals surface area contributed by atoms with E-state index in [1.54, 1.807) is 12.1 Å². The average molecular weight is 649 g/mol. The molecular formula is C40H64N4O3. The molecule has 5 aliphatic rings. The summed E-state index contributed by atoms with van der Waals surface area (Å²) in [5, 5.41) is 16.3. The summed E-state index contributed by atoms with van der Waals surface area (Å²) in [7, 11) is 4.08. The normalized spacial score (nSPS) is 42.2. The van der Waals surface area contributed by atoms with Crippen LogP contribution in [-0.2, 0) is 0 Å². The molecule has 262 valence electrons. The van der Waals surface area contributed by atoms with E-state index in [0.29, 0.717) is 53.5 Å². The molecule has 0 heterocycles. The van der Waals surface area contributed by atoms with E-state index in [0.717, 1.165) is 32.2 Å². The van der Waals surface area contributed by atoms with Crippen LogP contribution in [-0.4, -0.2) is 60.3 Å². The van der Waals surface area contributed by atoms with Crippen molar-refractivity contribution in [2.45, 2.75) is 123 Å². The third-order valence-electron chi connectivity index (χ3n) is 15.6. The molecule has 6 rings (SSSR count). The van der Waals surface area contributed by atoms with Crippen molar-refractivity contribution in [3.05, 3.63) is 35.4 Å². The van der Waals surface area contributed by atoms with Crippen LogP contribution in [0.3, 0.4) is 0 Å². The summed E-state index contributed by atoms with van der Waals surface area (Å²) in [6.45, 7) is 16.5. The Kier molecular flexibility index (Phi) is 8.89. The highest BCUT2D eigenvalue weighted by atomic mass is 16.4. The molecule has 7 nitrogen and oxygen atoms in total. The highest BCUT2D eigenvalue weighted by molar-refractivity contribution is 5.87. The summed E-state index contributed by atoms with van der Waals surface area (Å²) in [5.41, 5.74) is 9.66. The predicted molar refractivity (Wildman–Crippen MR) is 189 cm³/mol. The van der Waals surface area contributed by atoms with Gasteiger partial charge in [-0.1, -0.05) is 53.7 Å². The Labute approximate surface area is 284 Å². The number of hydrogen-bond donors (Lipinski definition) is 4. The van der Waals surface area contributed by atoms with Crippen LogP contribution < -0.4 is 16.4 Å². The van der Waals surface area contributed by atoms with Gasteiger partial charge in [0.25, 0.3) is 0 Å². The Hall–Kier alpha value is -2.12. The Morgan fingerprint density at radius 2 is 1.62 bits per heavy atom. The maximum Gasteiger partial charge on any atom is 0.335 e. The van der Waals surface area contributed by atoms with Crippen molar-refractivity contribution in [3.8, 4) is 0 Å². The van der Waals surface area contributed by atoms with E-state index >= 15 is 0 Å². The van der Waals surface area contributed by atoms with Gasteiger partial charge in [-0.05, 0) is 154 Å². The van der Waals surface area contributed by atoms with E-state index in [1.165, 1.54) is 44.1 Å². The highest BCUT2D eigenvalue weighted by Crippen LogP contribution is 2.74. The largest absolute Gasteiger partial charge is 0.478 e. The van der Waals surface area contributed by atoms with Gasteiger partial charge in [-0.15, -0.1) is 0 Å². The molecule has 7 heteroatoms. The van der Waals surface area contributed by atoms with Crippen molar-refractivity contribution in [1.29, 1.82) is 0 Å². The molecule has 0 bridgehead atoms. The minimum atomic E-state index is -0.860. The number of nitrogens with two attached hydrogens (primary N) is 1. The molecule has 5 fully saturated rings. The smallest absolute Gasteiger partial charge is 0.335 e. The Balaban J connectivity index is 1.27. The monoisotopic (exact) mass is 648 g/mol. The lowest BCUT2D eigenvalue weighted by molar-refractivity contribution is -0.206. The van der Waals surface area contributed by atoms with E-state index in [9.17, 15) is 14.7 Å². The number of aromatic carboxylic acids is 1. The first kappa shape index (κ1) is 34.7. The van der Waals surface area contributed by atoms with Crippen LogP contribution in [0.15, 0.2) is 24.3 Å². The SMILES string of the molecule is CC(C)[C@@H]1CC[C@]2(NC(=O)NCCN(C)C)CC[C@]3(N)[C@H](CC[C@@H]4[C@@]5(C)CC[C@@H](c6ccc(C(=O)O)cc6)C(C)(C)[C@@H]5CC[C@]43C)[C@@H]12. The fraction of sp³-hybridized carbons (Fsp3) is 0.800. The topological polar surface area (TPSA) is 108 Å². The molecule has 5 N–H and O–H groups in total. The summed E-state index contributed by atoms with van der Waals surface area (Å²) < 4.78 is 0. The first-order valence-electron chi connectivity index (χ1n) is 18.8. The number of rotatable bonds is 7. The third-order valence-corrected chi connectivity index (χ3v) is 15.6. The van der Waals surface area contributed by atoms with E-state index in [1.807, 2.05) is 14.1 Å². The number of urea groups is 1. The number of carboxylic acids is 1. The van der Waals surface area contributed by atoms with Gasteiger partial charge in [0.1, 0.15) is 0 Å². The summed E-state index contributed by atoms with van der Waals surface area (Å²) in [5.74, 6) is 2.74. The van der Waals surface area contributed by atoms with Gasteiger partial charge >= 0.3 is 12.0 Å². The van der Waals surface area contributed by atoms with Crippen LogP contribution >= 0.6 is 0 Å². The molecule has 1 aromatic rings. The zero-order valence-corrected chi connectivity index (χ0v) is 30.6. The molecule has 0 saturated heterocycles. The fourth-order valence-electron chi connectivity index (χ4n) is 13.4. The fourth-order valence-corrected chi connectivity index (χ4v) is 13.4. The van der Waals surface area contributed by atoms with Gasteiger partial charge < -0.3 is 26.4 Å². The van der Waals surface area contributed by atoms with Crippen molar-refractivity contribution >= 4 is 12.0 Å². The summed E-state index contributed by atoms with van der Waals surface area (Å²) >= 11 is 0. The Morgan fingerprint density at radius 1 is 0.915 bits per heavy atom. The van der Waals surface area contributed by atoms with Gasteiger partial charge in [0, 0.05) is 24.2 Å². The van der Waals surface area contributed by atoms with Crippen LogP contribution in [0, 0.1) is 51.8 Å². The van der Waals surface area contributed by atoms with Crippen LogP contribution in [0.2, 0.25) is 0 Å². The zero-order chi connectivity index (χ0) is 34.2. The van der Waals surface area contributed by atoms with E-state index in [4.69, 9.17) is 5.73 Å². The second-order valence-electron chi connectivity index (χ2n) is 18.4. The Bertz CT molecular complexity index is 1340. The van der Waals surface area contributed by atoms with Crippen LogP contribution in [0.5, 0.6) is 0 Å². The number of carboxylic acid groups (broad SMARTS) is 1. The molecule has 0 aromatic heterocycles. The molecule has 5 aliphatic carbocycles. The quantitative estimate of drug-likeness (QED) is 0.245. The maximum atomic E-state index is 13.4. The minimum Gasteiger partial charge on any atom is -0.478 e. The molecule has 0 spiro atoms. The van der Waals surface area contributed by atoms with Crippen LogP contribution in [0.25, 0.3) is 0 Å². The van der Waals surface area contributed by atoms with Gasteiger partial charge in [-0.3, -0.25) is 0 Å². The van der Waals surface area contributed by atoms with Crippen LogP contribution in [0.4, 0.5) is 4.79 Å². The second-order valence-corrected chi connectivity index (χ2v) is 18.4. The first-order chi connectivity index (χ1) is 22.0. The lowest BCUT2D eigenvalue weighted by Crippen LogP contribution is -2.75. The highest BCUT2D eigenvalue weighted by Gasteiger charge is 2.71. The number of likely N-dealkylation sites (N-methyl/N-ethyl adjacent to an activating group) is 1. The lowest BCUT2D eigenvalue weighted by atomic mass is 9.34. The Morgan fingerprint density at radius 3 is 2.26 bits per heavy atom. The summed E-state index contributed by atoms with van der Waals surface area (Å²) in [4.78, 5) is 27.0. The van der Waals surface area contributed by atoms with E-state index in [-0.39, 0.29) is 33.4 Å². The number of nitrogens with zero attached hydrogens (tertiary/aromatic N) is 1. The van der Waals surface area contributed by atoms with Crippen molar-refractivity contribution < 1.29 is 14.7 Å². The number of hydrogen-bond acceptors (Lipinski definition) is 4. The van der Waals surface area contributed by atoms with Gasteiger partial charge in [0.15, 0.2) is 0 Å². The predicted octanol–water partition coefficient (Wildman–Crippen LogP) is 7.51. The molecule has 0 aliphatic heterocycles. The third kappa shape index (κ3) is 5.36. The molecule has 0 radical (unpaired) electrons. The van der Waals surface area contributed by atoms with Gasteiger partial charge in [0.05, 0.1) is 5.56 Å². The number of carbonyl (C=O) groups is 2. The number of amides is 2. The molecular weight excluding hydrogens is 584 g/mol. The summed E-state index contributed by atoms with van der Waals surface area (Å²) in [6, 6.07) is 7.72. The number of carbonyl (C=O) groups excluding carboxylic acids is 1. The van der Waals surface area contributed by atoms with E-state index < -0.39 is 5.97 Å². The van der Waals surface area contributed by atoms with Gasteiger partial charge in [0.2, 0.25) is 0 Å². The van der Waals surface area contributed by atoms with Gasteiger partial charge in [-0.2, -0.15) is 0 Å². The number of nitrogens with one attached hydrogen (secondary N) is 2. The standard InChI is InChI=1S/C40H64N4O3/c1-25(2)28-15-20-39(43-35(47)42-23-24-44(7)8)21-22-40(41)30(33(28)39)13-14-32-37(5)18-16-29(26-9-11-27(12-10-26)34(45)46)36(3,4)31(37)17-19-38(32,40)6/h9-12,25,28-33H,13-24,41H2,1-8H3,(H,45,46)(H2,42,43,47)/t28-,29-,30+,31-,32+,33+,37-,38+,39-,40-/m0/s1. The van der Waals surface area contributed by atoms with Crippen molar-refractivity contribution in [2.24, 2.45) is 57.5 Å². The average Bonchev–Trinajstić information content (AvgIpc) is 3.36. The second kappa shape index (κ2) is 12.0.